The molecule has 0 aliphatic carbocycles. The van der Waals surface area contributed by atoms with Crippen LogP contribution in [0.4, 0.5) is 0 Å². The number of pyridine rings is 1. The third-order valence-electron chi connectivity index (χ3n) is 4.58. The van der Waals surface area contributed by atoms with Gasteiger partial charge in [0, 0.05) is 17.6 Å². The Balaban J connectivity index is 1.49. The summed E-state index contributed by atoms with van der Waals surface area (Å²) >= 11 is 0. The van der Waals surface area contributed by atoms with Gasteiger partial charge >= 0.3 is 0 Å². The highest BCUT2D eigenvalue weighted by Gasteiger charge is 2.05. The molecule has 0 radical (unpaired) electrons. The van der Waals surface area contributed by atoms with Crippen molar-refractivity contribution < 1.29 is 9.53 Å². The number of nitrogens with one attached hydrogen (secondary N) is 2. The van der Waals surface area contributed by atoms with Gasteiger partial charge in [0.15, 0.2) is 0 Å². The summed E-state index contributed by atoms with van der Waals surface area (Å²) < 4.78 is 5.15. The van der Waals surface area contributed by atoms with Crippen molar-refractivity contribution in [2.24, 2.45) is 0 Å². The van der Waals surface area contributed by atoms with Crippen LogP contribution in [-0.2, 0) is 17.6 Å². The molecule has 2 N–H and O–H groups in total. The molecule has 27 heavy (non-hydrogen) atoms. The molecule has 0 aliphatic heterocycles. The van der Waals surface area contributed by atoms with E-state index in [0.717, 1.165) is 35.1 Å². The summed E-state index contributed by atoms with van der Waals surface area (Å²) in [6.07, 6.45) is 2.12. The summed E-state index contributed by atoms with van der Waals surface area (Å²) in [7, 11) is 1.65. The van der Waals surface area contributed by atoms with E-state index in [0.29, 0.717) is 18.5 Å². The second-order valence-corrected chi connectivity index (χ2v) is 6.68. The predicted octanol–water partition coefficient (Wildman–Crippen LogP) is 3.14. The van der Waals surface area contributed by atoms with Crippen molar-refractivity contribution in [2.45, 2.75) is 26.2 Å². The number of hydrogen-bond donors (Lipinski definition) is 2. The molecular weight excluding hydrogens is 340 g/mol. The maximum atomic E-state index is 12.2. The minimum Gasteiger partial charge on any atom is -0.497 e. The zero-order chi connectivity index (χ0) is 19.2. The molecule has 140 valence electrons. The lowest BCUT2D eigenvalue weighted by Gasteiger charge is -2.07. The largest absolute Gasteiger partial charge is 0.497 e. The quantitative estimate of drug-likeness (QED) is 0.633. The van der Waals surface area contributed by atoms with E-state index in [9.17, 15) is 9.59 Å². The molecule has 0 atom stereocenters. The van der Waals surface area contributed by atoms with Crippen molar-refractivity contribution in [3.63, 3.8) is 0 Å². The zero-order valence-corrected chi connectivity index (χ0v) is 15.7. The van der Waals surface area contributed by atoms with Gasteiger partial charge in [-0.2, -0.15) is 0 Å². The molecule has 2 aromatic carbocycles. The first-order valence-electron chi connectivity index (χ1n) is 9.07. The van der Waals surface area contributed by atoms with E-state index < -0.39 is 0 Å². The van der Waals surface area contributed by atoms with Crippen LogP contribution in [0.5, 0.6) is 5.75 Å². The summed E-state index contributed by atoms with van der Waals surface area (Å²) in [5.41, 5.74) is 3.53. The molecule has 3 aromatic rings. The van der Waals surface area contributed by atoms with Crippen LogP contribution in [0.15, 0.2) is 53.3 Å². The molecule has 0 aliphatic rings. The fourth-order valence-electron chi connectivity index (χ4n) is 3.04. The van der Waals surface area contributed by atoms with Crippen LogP contribution in [0.2, 0.25) is 0 Å². The lowest BCUT2D eigenvalue weighted by molar-refractivity contribution is -0.120. The van der Waals surface area contributed by atoms with Crippen molar-refractivity contribution in [1.29, 1.82) is 0 Å². The highest BCUT2D eigenvalue weighted by atomic mass is 16.5. The van der Waals surface area contributed by atoms with Gasteiger partial charge in [0.05, 0.1) is 13.5 Å². The topological polar surface area (TPSA) is 71.2 Å². The summed E-state index contributed by atoms with van der Waals surface area (Å²) in [6.45, 7) is 2.42. The van der Waals surface area contributed by atoms with Crippen LogP contribution >= 0.6 is 0 Å². The van der Waals surface area contributed by atoms with E-state index >= 15 is 0 Å². The maximum absolute atomic E-state index is 12.2. The van der Waals surface area contributed by atoms with Gasteiger partial charge in [0.1, 0.15) is 5.75 Å². The number of carbonyl (C=O) groups is 1. The smallest absolute Gasteiger partial charge is 0.251 e. The Kier molecular flexibility index (Phi) is 5.91. The Morgan fingerprint density at radius 3 is 2.56 bits per heavy atom. The number of amides is 1. The first kappa shape index (κ1) is 18.7. The zero-order valence-electron chi connectivity index (χ0n) is 15.7. The Labute approximate surface area is 158 Å². The Bertz CT molecular complexity index is 991. The second-order valence-electron chi connectivity index (χ2n) is 6.68. The molecular formula is C22H24N2O3. The fraction of sp³-hybridized carbons (Fsp3) is 0.273. The molecule has 0 fully saturated rings. The van der Waals surface area contributed by atoms with Gasteiger partial charge in [-0.1, -0.05) is 18.2 Å². The number of hydrogen-bond acceptors (Lipinski definition) is 3. The number of methoxy groups -OCH3 is 1. The molecule has 5 heteroatoms. The summed E-state index contributed by atoms with van der Waals surface area (Å²) in [5, 5.41) is 3.91. The molecule has 5 nitrogen and oxygen atoms in total. The van der Waals surface area contributed by atoms with E-state index in [1.54, 1.807) is 14.0 Å². The fourth-order valence-corrected chi connectivity index (χ4v) is 3.04. The number of benzene rings is 2. The number of aryl methyl sites for hydroxylation is 2. The Hall–Kier alpha value is -3.08. The monoisotopic (exact) mass is 364 g/mol. The molecule has 0 saturated carbocycles. The number of ether oxygens (including phenoxy) is 1. The first-order chi connectivity index (χ1) is 13.0. The molecule has 0 bridgehead atoms. The van der Waals surface area contributed by atoms with Crippen LogP contribution in [-0.4, -0.2) is 24.5 Å². The molecule has 1 amide bonds. The van der Waals surface area contributed by atoms with Gasteiger partial charge in [-0.15, -0.1) is 0 Å². The number of aromatic nitrogens is 1. The van der Waals surface area contributed by atoms with E-state index in [1.807, 2.05) is 48.5 Å². The first-order valence-corrected chi connectivity index (χ1v) is 9.07. The van der Waals surface area contributed by atoms with Crippen molar-refractivity contribution in [3.8, 4) is 5.75 Å². The summed E-state index contributed by atoms with van der Waals surface area (Å²) in [4.78, 5) is 26.7. The number of rotatable bonds is 7. The van der Waals surface area contributed by atoms with Crippen LogP contribution in [0.1, 0.15) is 23.1 Å². The highest BCUT2D eigenvalue weighted by molar-refractivity contribution is 5.83. The highest BCUT2D eigenvalue weighted by Crippen LogP contribution is 2.14. The van der Waals surface area contributed by atoms with Crippen molar-refractivity contribution in [3.05, 3.63) is 75.6 Å². The average molecular weight is 364 g/mol. The predicted molar refractivity (Wildman–Crippen MR) is 107 cm³/mol. The summed E-state index contributed by atoms with van der Waals surface area (Å²) in [6, 6.07) is 15.5. The van der Waals surface area contributed by atoms with Gasteiger partial charge in [-0.3, -0.25) is 9.59 Å². The van der Waals surface area contributed by atoms with Gasteiger partial charge in [0.2, 0.25) is 5.91 Å². The van der Waals surface area contributed by atoms with Gasteiger partial charge in [-0.05, 0) is 66.6 Å². The molecule has 3 rings (SSSR count). The van der Waals surface area contributed by atoms with E-state index in [2.05, 4.69) is 10.3 Å². The van der Waals surface area contributed by atoms with Crippen molar-refractivity contribution in [1.82, 2.24) is 10.3 Å². The minimum absolute atomic E-state index is 0.00484. The second kappa shape index (κ2) is 8.54. The molecule has 0 unspecified atom stereocenters. The lowest BCUT2D eigenvalue weighted by atomic mass is 10.1. The van der Waals surface area contributed by atoms with Crippen molar-refractivity contribution in [2.75, 3.05) is 13.7 Å². The average Bonchev–Trinajstić information content (AvgIpc) is 2.67. The standard InChI is InChI=1S/C22H24N2O3/c1-15-12-18-13-17(7-10-20(18)24-22(15)26)14-21(25)23-11-3-4-16-5-8-19(27-2)9-6-16/h5-10,12-13H,3-4,11,14H2,1-2H3,(H,23,25)(H,24,26). The number of fused-ring (bicyclic) bond motifs is 1. The number of carbonyl (C=O) groups excluding carboxylic acids is 1. The van der Waals surface area contributed by atoms with Gasteiger partial charge in [-0.25, -0.2) is 0 Å². The molecule has 1 aromatic heterocycles. The Morgan fingerprint density at radius 2 is 1.81 bits per heavy atom. The van der Waals surface area contributed by atoms with E-state index in [-0.39, 0.29) is 11.5 Å². The van der Waals surface area contributed by atoms with Gasteiger partial charge in [0.25, 0.3) is 5.56 Å². The molecule has 1 heterocycles. The minimum atomic E-state index is -0.0788. The normalized spacial score (nSPS) is 10.7. The van der Waals surface area contributed by atoms with Gasteiger partial charge < -0.3 is 15.0 Å². The summed E-state index contributed by atoms with van der Waals surface area (Å²) in [5.74, 6) is 0.854. The van der Waals surface area contributed by atoms with Crippen LogP contribution in [0.25, 0.3) is 10.9 Å². The molecule has 0 spiro atoms. The molecule has 0 saturated heterocycles. The lowest BCUT2D eigenvalue weighted by Crippen LogP contribution is -2.26. The van der Waals surface area contributed by atoms with Crippen LogP contribution < -0.4 is 15.6 Å². The third kappa shape index (κ3) is 4.97. The van der Waals surface area contributed by atoms with Crippen molar-refractivity contribution >= 4 is 16.8 Å². The van der Waals surface area contributed by atoms with Crippen LogP contribution in [0.3, 0.4) is 0 Å². The van der Waals surface area contributed by atoms with E-state index in [1.165, 1.54) is 5.56 Å². The number of aromatic amines is 1. The number of H-pyrrole nitrogens is 1. The van der Waals surface area contributed by atoms with E-state index in [4.69, 9.17) is 4.74 Å². The third-order valence-corrected chi connectivity index (χ3v) is 4.58. The Morgan fingerprint density at radius 1 is 1.07 bits per heavy atom. The maximum Gasteiger partial charge on any atom is 0.251 e. The van der Waals surface area contributed by atoms with Crippen LogP contribution in [0, 0.1) is 6.92 Å². The SMILES string of the molecule is COc1ccc(CCCNC(=O)Cc2ccc3[nH]c(=O)c(C)cc3c2)cc1.